The van der Waals surface area contributed by atoms with Crippen LogP contribution < -0.4 is 21.1 Å². The molecular formula is C17H24ClN3O2. The second-order valence-electron chi connectivity index (χ2n) is 5.03. The quantitative estimate of drug-likeness (QED) is 0.416. The number of aliphatic hydroxyl groups excluding tert-OH is 1. The molecule has 23 heavy (non-hydrogen) atoms. The minimum absolute atomic E-state index is 0. The van der Waals surface area contributed by atoms with E-state index in [1.807, 2.05) is 54.6 Å². The number of para-hydroxylation sites is 1. The summed E-state index contributed by atoms with van der Waals surface area (Å²) >= 11 is 0. The molecule has 2 aromatic carbocycles. The highest BCUT2D eigenvalue weighted by Crippen LogP contribution is 2.11. The van der Waals surface area contributed by atoms with Gasteiger partial charge in [0.2, 0.25) is 0 Å². The Hall–Kier alpha value is -1.95. The van der Waals surface area contributed by atoms with Gasteiger partial charge in [0, 0.05) is 31.0 Å². The van der Waals surface area contributed by atoms with Crippen molar-refractivity contribution in [3.8, 4) is 5.75 Å². The molecule has 0 heterocycles. The molecule has 2 aromatic rings. The zero-order chi connectivity index (χ0) is 15.6. The molecule has 6 heteroatoms. The molecule has 0 saturated heterocycles. The number of hydrogen-bond donors (Lipinski definition) is 4. The maximum atomic E-state index is 9.84. The minimum Gasteiger partial charge on any atom is -0.491 e. The van der Waals surface area contributed by atoms with Crippen molar-refractivity contribution in [2.75, 3.05) is 37.3 Å². The number of rotatable bonds is 9. The van der Waals surface area contributed by atoms with Crippen molar-refractivity contribution in [2.24, 2.45) is 0 Å². The molecule has 0 spiro atoms. The zero-order valence-corrected chi connectivity index (χ0v) is 13.8. The average Bonchev–Trinajstić information content (AvgIpc) is 2.54. The number of aliphatic hydroxyl groups is 1. The van der Waals surface area contributed by atoms with Gasteiger partial charge in [0.05, 0.1) is 0 Å². The van der Waals surface area contributed by atoms with E-state index in [0.29, 0.717) is 6.54 Å². The van der Waals surface area contributed by atoms with Gasteiger partial charge in [-0.05, 0) is 30.3 Å². The fourth-order valence-corrected chi connectivity index (χ4v) is 1.98. The summed E-state index contributed by atoms with van der Waals surface area (Å²) in [6.07, 6.45) is -0.535. The SMILES string of the molecule is Cl.Nc1cccc(NCCNCC(O)COc2ccccc2)c1. The summed E-state index contributed by atoms with van der Waals surface area (Å²) in [5.41, 5.74) is 7.44. The molecule has 0 aliphatic carbocycles. The third kappa shape index (κ3) is 7.74. The lowest BCUT2D eigenvalue weighted by Crippen LogP contribution is -2.34. The molecule has 0 aromatic heterocycles. The lowest BCUT2D eigenvalue weighted by molar-refractivity contribution is 0.107. The summed E-state index contributed by atoms with van der Waals surface area (Å²) in [6, 6.07) is 17.1. The second kappa shape index (κ2) is 10.7. The van der Waals surface area contributed by atoms with E-state index in [-0.39, 0.29) is 19.0 Å². The van der Waals surface area contributed by atoms with E-state index in [9.17, 15) is 5.11 Å². The van der Waals surface area contributed by atoms with Crippen LogP contribution >= 0.6 is 12.4 Å². The third-order valence-electron chi connectivity index (χ3n) is 3.08. The van der Waals surface area contributed by atoms with E-state index in [1.54, 1.807) is 0 Å². The summed E-state index contributed by atoms with van der Waals surface area (Å²) in [6.45, 7) is 2.28. The molecule has 0 bridgehead atoms. The van der Waals surface area contributed by atoms with Gasteiger partial charge in [-0.3, -0.25) is 0 Å². The van der Waals surface area contributed by atoms with Crippen molar-refractivity contribution < 1.29 is 9.84 Å². The minimum atomic E-state index is -0.535. The first kappa shape index (κ1) is 19.1. The van der Waals surface area contributed by atoms with Gasteiger partial charge >= 0.3 is 0 Å². The topological polar surface area (TPSA) is 79.5 Å². The second-order valence-corrected chi connectivity index (χ2v) is 5.03. The highest BCUT2D eigenvalue weighted by molar-refractivity contribution is 5.85. The molecule has 0 radical (unpaired) electrons. The van der Waals surface area contributed by atoms with Crippen molar-refractivity contribution in [2.45, 2.75) is 6.10 Å². The first-order valence-corrected chi connectivity index (χ1v) is 7.40. The van der Waals surface area contributed by atoms with Gasteiger partial charge in [0.15, 0.2) is 0 Å². The van der Waals surface area contributed by atoms with Crippen LogP contribution in [0.25, 0.3) is 0 Å². The summed E-state index contributed by atoms with van der Waals surface area (Å²) in [7, 11) is 0. The molecule has 2 rings (SSSR count). The Bertz CT molecular complexity index is 555. The molecule has 0 saturated carbocycles. The van der Waals surface area contributed by atoms with Crippen molar-refractivity contribution >= 4 is 23.8 Å². The molecule has 0 amide bonds. The molecule has 1 atom stereocenters. The smallest absolute Gasteiger partial charge is 0.119 e. The maximum absolute atomic E-state index is 9.84. The van der Waals surface area contributed by atoms with Crippen LogP contribution in [0.4, 0.5) is 11.4 Å². The molecule has 5 N–H and O–H groups in total. The highest BCUT2D eigenvalue weighted by atomic mass is 35.5. The van der Waals surface area contributed by atoms with Gasteiger partial charge in [-0.2, -0.15) is 0 Å². The number of nitrogen functional groups attached to an aromatic ring is 1. The van der Waals surface area contributed by atoms with E-state index in [1.165, 1.54) is 0 Å². The van der Waals surface area contributed by atoms with Crippen molar-refractivity contribution in [3.63, 3.8) is 0 Å². The van der Waals surface area contributed by atoms with E-state index < -0.39 is 6.10 Å². The third-order valence-corrected chi connectivity index (χ3v) is 3.08. The van der Waals surface area contributed by atoms with Crippen molar-refractivity contribution in [1.82, 2.24) is 5.32 Å². The molecule has 0 aliphatic rings. The number of hydrogen-bond acceptors (Lipinski definition) is 5. The van der Waals surface area contributed by atoms with Crippen LogP contribution in [0.5, 0.6) is 5.75 Å². The zero-order valence-electron chi connectivity index (χ0n) is 12.9. The van der Waals surface area contributed by atoms with Crippen LogP contribution in [0.3, 0.4) is 0 Å². The monoisotopic (exact) mass is 337 g/mol. The van der Waals surface area contributed by atoms with Crippen molar-refractivity contribution in [3.05, 3.63) is 54.6 Å². The number of benzene rings is 2. The number of anilines is 2. The number of nitrogens with one attached hydrogen (secondary N) is 2. The fraction of sp³-hybridized carbons (Fsp3) is 0.294. The molecule has 0 aliphatic heterocycles. The summed E-state index contributed by atoms with van der Waals surface area (Å²) < 4.78 is 5.49. The van der Waals surface area contributed by atoms with Crippen LogP contribution in [0.1, 0.15) is 0 Å². The fourth-order valence-electron chi connectivity index (χ4n) is 1.98. The normalized spacial score (nSPS) is 11.3. The van der Waals surface area contributed by atoms with Gasteiger partial charge in [-0.1, -0.05) is 24.3 Å². The Morgan fingerprint density at radius 1 is 1.04 bits per heavy atom. The van der Waals surface area contributed by atoms with Crippen LogP contribution in [-0.4, -0.2) is 37.5 Å². The molecule has 5 nitrogen and oxygen atoms in total. The lowest BCUT2D eigenvalue weighted by atomic mass is 10.3. The number of nitrogens with two attached hydrogens (primary N) is 1. The average molecular weight is 338 g/mol. The first-order chi connectivity index (χ1) is 10.7. The predicted molar refractivity (Wildman–Crippen MR) is 97.4 cm³/mol. The largest absolute Gasteiger partial charge is 0.491 e. The Morgan fingerprint density at radius 3 is 2.57 bits per heavy atom. The lowest BCUT2D eigenvalue weighted by Gasteiger charge is -2.13. The molecule has 126 valence electrons. The maximum Gasteiger partial charge on any atom is 0.119 e. The first-order valence-electron chi connectivity index (χ1n) is 7.40. The van der Waals surface area contributed by atoms with Gasteiger partial charge in [0.25, 0.3) is 0 Å². The van der Waals surface area contributed by atoms with Crippen molar-refractivity contribution in [1.29, 1.82) is 0 Å². The van der Waals surface area contributed by atoms with Gasteiger partial charge in [-0.15, -0.1) is 12.4 Å². The highest BCUT2D eigenvalue weighted by Gasteiger charge is 2.04. The standard InChI is InChI=1S/C17H23N3O2.ClH/c18-14-5-4-6-15(11-14)20-10-9-19-12-16(21)13-22-17-7-2-1-3-8-17;/h1-8,11,16,19-21H,9-10,12-13,18H2;1H. The van der Waals surface area contributed by atoms with Gasteiger partial charge in [-0.25, -0.2) is 0 Å². The molecular weight excluding hydrogens is 314 g/mol. The van der Waals surface area contributed by atoms with Crippen LogP contribution in [0.2, 0.25) is 0 Å². The van der Waals surface area contributed by atoms with E-state index >= 15 is 0 Å². The van der Waals surface area contributed by atoms with Crippen LogP contribution in [-0.2, 0) is 0 Å². The van der Waals surface area contributed by atoms with Crippen LogP contribution in [0, 0.1) is 0 Å². The van der Waals surface area contributed by atoms with E-state index in [0.717, 1.165) is 30.2 Å². The number of halogens is 1. The Kier molecular flexibility index (Phi) is 8.90. The Morgan fingerprint density at radius 2 is 1.83 bits per heavy atom. The van der Waals surface area contributed by atoms with E-state index in [2.05, 4.69) is 10.6 Å². The molecule has 1 unspecified atom stereocenters. The van der Waals surface area contributed by atoms with Gasteiger partial charge < -0.3 is 26.2 Å². The Labute approximate surface area is 143 Å². The Balaban J connectivity index is 0.00000264. The predicted octanol–water partition coefficient (Wildman–Crippen LogP) is 2.13. The summed E-state index contributed by atoms with van der Waals surface area (Å²) in [5, 5.41) is 16.3. The van der Waals surface area contributed by atoms with E-state index in [4.69, 9.17) is 10.5 Å². The van der Waals surface area contributed by atoms with Gasteiger partial charge in [0.1, 0.15) is 18.5 Å². The summed E-state index contributed by atoms with van der Waals surface area (Å²) in [4.78, 5) is 0. The van der Waals surface area contributed by atoms with Crippen LogP contribution in [0.15, 0.2) is 54.6 Å². The summed E-state index contributed by atoms with van der Waals surface area (Å²) in [5.74, 6) is 0.768. The molecule has 0 fully saturated rings. The number of ether oxygens (including phenoxy) is 1.